The van der Waals surface area contributed by atoms with Crippen molar-refractivity contribution in [2.75, 3.05) is 11.1 Å². The van der Waals surface area contributed by atoms with E-state index in [2.05, 4.69) is 24.4 Å². The molecule has 0 aliphatic heterocycles. The van der Waals surface area contributed by atoms with Gasteiger partial charge in [-0.25, -0.2) is 0 Å². The molecule has 2 aromatic rings. The molecule has 0 aliphatic rings. The van der Waals surface area contributed by atoms with Crippen molar-refractivity contribution in [3.8, 4) is 0 Å². The molecule has 0 aromatic heterocycles. The SMILES string of the molecule is Cc1c(Cl)ccc(N)c1NC(C)c1ccccc1. The van der Waals surface area contributed by atoms with Crippen LogP contribution < -0.4 is 11.1 Å². The number of hydrogen-bond donors (Lipinski definition) is 2. The monoisotopic (exact) mass is 260 g/mol. The van der Waals surface area contributed by atoms with E-state index in [1.807, 2.05) is 37.3 Å². The highest BCUT2D eigenvalue weighted by atomic mass is 35.5. The zero-order valence-corrected chi connectivity index (χ0v) is 11.3. The van der Waals surface area contributed by atoms with Gasteiger partial charge in [0.2, 0.25) is 0 Å². The normalized spacial score (nSPS) is 12.2. The summed E-state index contributed by atoms with van der Waals surface area (Å²) in [6, 6.07) is 14.1. The minimum atomic E-state index is 0.186. The maximum Gasteiger partial charge on any atom is 0.0623 e. The molecule has 1 unspecified atom stereocenters. The average Bonchev–Trinajstić information content (AvgIpc) is 2.40. The third-order valence-electron chi connectivity index (χ3n) is 3.09. The minimum Gasteiger partial charge on any atom is -0.397 e. The maximum atomic E-state index is 6.12. The van der Waals surface area contributed by atoms with Crippen molar-refractivity contribution in [1.82, 2.24) is 0 Å². The molecule has 0 radical (unpaired) electrons. The van der Waals surface area contributed by atoms with Gasteiger partial charge in [-0.05, 0) is 37.1 Å². The Labute approximate surface area is 113 Å². The van der Waals surface area contributed by atoms with Crippen LogP contribution >= 0.6 is 11.6 Å². The van der Waals surface area contributed by atoms with Crippen molar-refractivity contribution in [2.45, 2.75) is 19.9 Å². The summed E-state index contributed by atoms with van der Waals surface area (Å²) in [6.45, 7) is 4.08. The van der Waals surface area contributed by atoms with Crippen LogP contribution in [0.2, 0.25) is 5.02 Å². The first-order valence-electron chi connectivity index (χ1n) is 5.95. The van der Waals surface area contributed by atoms with Gasteiger partial charge in [0.1, 0.15) is 0 Å². The quantitative estimate of drug-likeness (QED) is 0.803. The third kappa shape index (κ3) is 2.59. The first kappa shape index (κ1) is 12.8. The van der Waals surface area contributed by atoms with Crippen molar-refractivity contribution < 1.29 is 0 Å². The molecule has 0 heterocycles. The van der Waals surface area contributed by atoms with E-state index in [1.54, 1.807) is 0 Å². The van der Waals surface area contributed by atoms with Gasteiger partial charge in [0.25, 0.3) is 0 Å². The van der Waals surface area contributed by atoms with Crippen molar-refractivity contribution in [1.29, 1.82) is 0 Å². The Morgan fingerprint density at radius 2 is 1.78 bits per heavy atom. The fourth-order valence-corrected chi connectivity index (χ4v) is 2.10. The number of nitrogen functional groups attached to an aromatic ring is 1. The third-order valence-corrected chi connectivity index (χ3v) is 3.50. The first-order valence-corrected chi connectivity index (χ1v) is 6.33. The van der Waals surface area contributed by atoms with Crippen molar-refractivity contribution in [3.05, 3.63) is 58.6 Å². The van der Waals surface area contributed by atoms with Crippen LogP contribution in [-0.4, -0.2) is 0 Å². The van der Waals surface area contributed by atoms with Gasteiger partial charge >= 0.3 is 0 Å². The van der Waals surface area contributed by atoms with E-state index >= 15 is 0 Å². The Balaban J connectivity index is 2.27. The molecule has 0 amide bonds. The topological polar surface area (TPSA) is 38.0 Å². The molecule has 94 valence electrons. The number of anilines is 2. The smallest absolute Gasteiger partial charge is 0.0623 e. The van der Waals surface area contributed by atoms with E-state index in [4.69, 9.17) is 17.3 Å². The lowest BCUT2D eigenvalue weighted by molar-refractivity contribution is 0.883. The van der Waals surface area contributed by atoms with Gasteiger partial charge in [0.15, 0.2) is 0 Å². The van der Waals surface area contributed by atoms with Crippen LogP contribution in [0.15, 0.2) is 42.5 Å². The highest BCUT2D eigenvalue weighted by Gasteiger charge is 2.10. The fourth-order valence-electron chi connectivity index (χ4n) is 1.94. The fraction of sp³-hybridized carbons (Fsp3) is 0.200. The van der Waals surface area contributed by atoms with Crippen molar-refractivity contribution in [2.24, 2.45) is 0 Å². The van der Waals surface area contributed by atoms with E-state index in [-0.39, 0.29) is 6.04 Å². The summed E-state index contributed by atoms with van der Waals surface area (Å²) < 4.78 is 0. The number of halogens is 1. The molecule has 0 aliphatic carbocycles. The first-order chi connectivity index (χ1) is 8.59. The predicted octanol–water partition coefficient (Wildman–Crippen LogP) is 4.40. The number of nitrogens with one attached hydrogen (secondary N) is 1. The van der Waals surface area contributed by atoms with Gasteiger partial charge in [0.05, 0.1) is 11.4 Å². The minimum absolute atomic E-state index is 0.186. The zero-order valence-electron chi connectivity index (χ0n) is 10.6. The standard InChI is InChI=1S/C15H17ClN2/c1-10-13(16)8-9-14(17)15(10)18-11(2)12-6-4-3-5-7-12/h3-9,11,18H,17H2,1-2H3. The molecule has 1 atom stereocenters. The Hall–Kier alpha value is -1.67. The summed E-state index contributed by atoms with van der Waals surface area (Å²) in [5, 5.41) is 4.15. The highest BCUT2D eigenvalue weighted by Crippen LogP contribution is 2.32. The Morgan fingerprint density at radius 1 is 1.11 bits per heavy atom. The Bertz CT molecular complexity index is 538. The average molecular weight is 261 g/mol. The predicted molar refractivity (Wildman–Crippen MR) is 79.1 cm³/mol. The molecule has 0 fully saturated rings. The molecule has 0 bridgehead atoms. The molecule has 3 N–H and O–H groups in total. The maximum absolute atomic E-state index is 6.12. The van der Waals surface area contributed by atoms with Crippen LogP contribution in [0.25, 0.3) is 0 Å². The van der Waals surface area contributed by atoms with Crippen LogP contribution in [0.1, 0.15) is 24.1 Å². The van der Waals surface area contributed by atoms with Gasteiger partial charge < -0.3 is 11.1 Å². The van der Waals surface area contributed by atoms with Crippen LogP contribution in [-0.2, 0) is 0 Å². The van der Waals surface area contributed by atoms with E-state index in [0.29, 0.717) is 0 Å². The second kappa shape index (κ2) is 5.32. The zero-order chi connectivity index (χ0) is 13.1. The highest BCUT2D eigenvalue weighted by molar-refractivity contribution is 6.31. The van der Waals surface area contributed by atoms with Crippen molar-refractivity contribution in [3.63, 3.8) is 0 Å². The Kier molecular flexibility index (Phi) is 3.78. The lowest BCUT2D eigenvalue weighted by Crippen LogP contribution is -2.09. The van der Waals surface area contributed by atoms with E-state index < -0.39 is 0 Å². The number of nitrogens with two attached hydrogens (primary N) is 1. The summed E-state index contributed by atoms with van der Waals surface area (Å²) in [7, 11) is 0. The molecule has 2 rings (SSSR count). The number of benzene rings is 2. The molecule has 0 spiro atoms. The van der Waals surface area contributed by atoms with E-state index in [9.17, 15) is 0 Å². The van der Waals surface area contributed by atoms with Gasteiger partial charge in [0, 0.05) is 11.1 Å². The van der Waals surface area contributed by atoms with Crippen LogP contribution in [0, 0.1) is 6.92 Å². The van der Waals surface area contributed by atoms with Gasteiger partial charge in [-0.1, -0.05) is 41.9 Å². The Morgan fingerprint density at radius 3 is 2.44 bits per heavy atom. The van der Waals surface area contributed by atoms with Crippen LogP contribution in [0.4, 0.5) is 11.4 Å². The van der Waals surface area contributed by atoms with Crippen LogP contribution in [0.3, 0.4) is 0 Å². The second-order valence-electron chi connectivity index (χ2n) is 4.41. The number of rotatable bonds is 3. The molecule has 0 saturated carbocycles. The van der Waals surface area contributed by atoms with Gasteiger partial charge in [-0.3, -0.25) is 0 Å². The summed E-state index contributed by atoms with van der Waals surface area (Å²) in [5.41, 5.74) is 9.84. The number of hydrogen-bond acceptors (Lipinski definition) is 2. The molecular formula is C15H17ClN2. The molecule has 2 aromatic carbocycles. The van der Waals surface area contributed by atoms with E-state index in [1.165, 1.54) is 5.56 Å². The molecule has 3 heteroatoms. The molecule has 0 saturated heterocycles. The summed E-state index contributed by atoms with van der Waals surface area (Å²) in [4.78, 5) is 0. The van der Waals surface area contributed by atoms with E-state index in [0.717, 1.165) is 22.0 Å². The lowest BCUT2D eigenvalue weighted by atomic mass is 10.1. The molecule has 2 nitrogen and oxygen atoms in total. The summed E-state index contributed by atoms with van der Waals surface area (Å²) in [5.74, 6) is 0. The molecule has 18 heavy (non-hydrogen) atoms. The van der Waals surface area contributed by atoms with Crippen molar-refractivity contribution >= 4 is 23.0 Å². The van der Waals surface area contributed by atoms with Gasteiger partial charge in [-0.15, -0.1) is 0 Å². The van der Waals surface area contributed by atoms with Crippen LogP contribution in [0.5, 0.6) is 0 Å². The second-order valence-corrected chi connectivity index (χ2v) is 4.82. The summed E-state index contributed by atoms with van der Waals surface area (Å²) in [6.07, 6.45) is 0. The summed E-state index contributed by atoms with van der Waals surface area (Å²) >= 11 is 6.12. The molecular weight excluding hydrogens is 244 g/mol. The lowest BCUT2D eigenvalue weighted by Gasteiger charge is -2.19. The van der Waals surface area contributed by atoms with Gasteiger partial charge in [-0.2, -0.15) is 0 Å². The largest absolute Gasteiger partial charge is 0.397 e.